The topological polar surface area (TPSA) is 237 Å². The summed E-state index contributed by atoms with van der Waals surface area (Å²) in [4.78, 5) is 72.3. The maximum Gasteiger partial charge on any atom is 0.472 e. The normalized spacial score (nSPS) is 14.6. The van der Waals surface area contributed by atoms with Crippen molar-refractivity contribution in [2.45, 2.75) is 355 Å². The Morgan fingerprint density at radius 3 is 1.00 bits per heavy atom. The number of carbonyl (C=O) groups excluding carboxylic acids is 4. The van der Waals surface area contributed by atoms with Gasteiger partial charge in [0.15, 0.2) is 12.2 Å². The van der Waals surface area contributed by atoms with Gasteiger partial charge in [0.25, 0.3) is 0 Å². The van der Waals surface area contributed by atoms with E-state index in [1.165, 1.54) is 128 Å². The molecule has 0 saturated carbocycles. The quantitative estimate of drug-likeness (QED) is 0.0169. The van der Waals surface area contributed by atoms with Gasteiger partial charge >= 0.3 is 39.5 Å². The van der Waals surface area contributed by atoms with E-state index in [0.29, 0.717) is 25.7 Å². The van der Waals surface area contributed by atoms with Crippen LogP contribution in [0.2, 0.25) is 0 Å². The fourth-order valence-electron chi connectivity index (χ4n) is 10.2. The first-order valence-corrected chi connectivity index (χ1v) is 39.3. The molecule has 0 heterocycles. The highest BCUT2D eigenvalue weighted by Gasteiger charge is 2.30. The Balaban J connectivity index is 5.20. The van der Waals surface area contributed by atoms with Crippen LogP contribution in [-0.2, 0) is 65.4 Å². The minimum absolute atomic E-state index is 0.100. The number of ether oxygens (including phenoxy) is 4. The molecule has 0 radical (unpaired) electrons. The van der Waals surface area contributed by atoms with Gasteiger partial charge in [-0.1, -0.05) is 284 Å². The Hall–Kier alpha value is -2.46. The van der Waals surface area contributed by atoms with Crippen LogP contribution in [0.4, 0.5) is 0 Å². The molecule has 0 aliphatic rings. The predicted molar refractivity (Wildman–Crippen MR) is 363 cm³/mol. The Bertz CT molecular complexity index is 1850. The molecule has 90 heavy (non-hydrogen) atoms. The molecule has 3 unspecified atom stereocenters. The third-order valence-corrected chi connectivity index (χ3v) is 18.1. The van der Waals surface area contributed by atoms with Crippen LogP contribution in [0.1, 0.15) is 337 Å². The second kappa shape index (κ2) is 62.6. The van der Waals surface area contributed by atoms with Gasteiger partial charge in [-0.15, -0.1) is 0 Å². The van der Waals surface area contributed by atoms with Crippen molar-refractivity contribution in [3.63, 3.8) is 0 Å². The Morgan fingerprint density at radius 2 is 0.656 bits per heavy atom. The first-order chi connectivity index (χ1) is 43.4. The Kier molecular flexibility index (Phi) is 60.9. The lowest BCUT2D eigenvalue weighted by atomic mass is 9.99. The molecule has 0 aromatic carbocycles. The van der Waals surface area contributed by atoms with E-state index < -0.39 is 97.5 Å². The molecule has 0 bridgehead atoms. The van der Waals surface area contributed by atoms with Crippen LogP contribution in [0.15, 0.2) is 24.3 Å². The predicted octanol–water partition coefficient (Wildman–Crippen LogP) is 19.9. The summed E-state index contributed by atoms with van der Waals surface area (Å²) in [6, 6.07) is 0. The Labute approximate surface area is 548 Å². The lowest BCUT2D eigenvalue weighted by molar-refractivity contribution is -0.161. The zero-order chi connectivity index (χ0) is 66.5. The number of phosphoric ester groups is 2. The molecule has 0 amide bonds. The number of allylic oxidation sites excluding steroid dienone is 4. The zero-order valence-corrected chi connectivity index (χ0v) is 59.7. The zero-order valence-electron chi connectivity index (χ0n) is 57.9. The van der Waals surface area contributed by atoms with E-state index in [4.69, 9.17) is 37.0 Å². The largest absolute Gasteiger partial charge is 0.472 e. The lowest BCUT2D eigenvalue weighted by Gasteiger charge is -2.21. The van der Waals surface area contributed by atoms with Crippen LogP contribution in [0.25, 0.3) is 0 Å². The first kappa shape index (κ1) is 87.5. The van der Waals surface area contributed by atoms with Crippen molar-refractivity contribution in [3.05, 3.63) is 24.3 Å². The maximum atomic E-state index is 13.0. The highest BCUT2D eigenvalue weighted by atomic mass is 31.2. The molecule has 6 atom stereocenters. The molecule has 0 aliphatic heterocycles. The van der Waals surface area contributed by atoms with Crippen molar-refractivity contribution in [1.29, 1.82) is 0 Å². The summed E-state index contributed by atoms with van der Waals surface area (Å²) < 4.78 is 68.1. The smallest absolute Gasteiger partial charge is 0.462 e. The highest BCUT2D eigenvalue weighted by molar-refractivity contribution is 7.47. The lowest BCUT2D eigenvalue weighted by Crippen LogP contribution is -2.30. The van der Waals surface area contributed by atoms with E-state index in [1.54, 1.807) is 0 Å². The number of phosphoric acid groups is 2. The van der Waals surface area contributed by atoms with Crippen LogP contribution in [0.5, 0.6) is 0 Å². The summed E-state index contributed by atoms with van der Waals surface area (Å²) in [5.74, 6) is -0.586. The average Bonchev–Trinajstić information content (AvgIpc) is 3.72. The molecule has 0 fully saturated rings. The van der Waals surface area contributed by atoms with Gasteiger partial charge in [-0.3, -0.25) is 37.3 Å². The van der Waals surface area contributed by atoms with Gasteiger partial charge in [0.2, 0.25) is 0 Å². The molecular formula is C71H134O17P2. The van der Waals surface area contributed by atoms with Gasteiger partial charge in [-0.05, 0) is 63.2 Å². The van der Waals surface area contributed by atoms with Crippen molar-refractivity contribution in [3.8, 4) is 0 Å². The second-order valence-electron chi connectivity index (χ2n) is 25.7. The molecule has 3 N–H and O–H groups in total. The molecule has 0 rings (SSSR count). The molecule has 530 valence electrons. The van der Waals surface area contributed by atoms with E-state index in [2.05, 4.69) is 65.8 Å². The van der Waals surface area contributed by atoms with Crippen LogP contribution in [0, 0.1) is 11.8 Å². The van der Waals surface area contributed by atoms with Gasteiger partial charge in [-0.2, -0.15) is 0 Å². The van der Waals surface area contributed by atoms with Crippen molar-refractivity contribution in [2.75, 3.05) is 39.6 Å². The molecule has 0 spiro atoms. The van der Waals surface area contributed by atoms with E-state index in [9.17, 15) is 43.2 Å². The van der Waals surface area contributed by atoms with E-state index in [0.717, 1.165) is 127 Å². The minimum Gasteiger partial charge on any atom is -0.462 e. The van der Waals surface area contributed by atoms with Crippen molar-refractivity contribution in [2.24, 2.45) is 11.8 Å². The van der Waals surface area contributed by atoms with Crippen LogP contribution >= 0.6 is 15.6 Å². The molecule has 19 heteroatoms. The number of aliphatic hydroxyl groups is 1. The molecule has 0 aromatic rings. The van der Waals surface area contributed by atoms with E-state index >= 15 is 0 Å². The third-order valence-electron chi connectivity index (χ3n) is 16.2. The SMILES string of the molecule is CCCCCC/C=C\C=C/CCCCCCCC(=O)OC[C@H](COP(=O)(O)OC[C@@H](O)COP(=O)(O)OC[C@@H](COC(=O)CCCCCCC)OC(=O)CCCCCCCCCCCC(C)C)OC(=O)CCCCCCCCCCCCCCCCC(C)CC. The molecular weight excluding hydrogens is 1190 g/mol. The van der Waals surface area contributed by atoms with Crippen molar-refractivity contribution in [1.82, 2.24) is 0 Å². The number of hydrogen-bond acceptors (Lipinski definition) is 15. The van der Waals surface area contributed by atoms with Crippen LogP contribution in [0.3, 0.4) is 0 Å². The van der Waals surface area contributed by atoms with Gasteiger partial charge in [-0.25, -0.2) is 9.13 Å². The average molecular weight is 1320 g/mol. The molecule has 0 aliphatic carbocycles. The first-order valence-electron chi connectivity index (χ1n) is 36.3. The molecule has 0 saturated heterocycles. The van der Waals surface area contributed by atoms with Gasteiger partial charge in [0.1, 0.15) is 19.3 Å². The summed E-state index contributed by atoms with van der Waals surface area (Å²) in [5, 5.41) is 10.6. The van der Waals surface area contributed by atoms with Gasteiger partial charge in [0.05, 0.1) is 26.4 Å². The van der Waals surface area contributed by atoms with E-state index in [-0.39, 0.29) is 25.7 Å². The van der Waals surface area contributed by atoms with Crippen LogP contribution < -0.4 is 0 Å². The minimum atomic E-state index is -4.96. The Morgan fingerprint density at radius 1 is 0.367 bits per heavy atom. The summed E-state index contributed by atoms with van der Waals surface area (Å²) in [6.07, 6.45) is 51.1. The van der Waals surface area contributed by atoms with Crippen LogP contribution in [-0.4, -0.2) is 96.7 Å². The van der Waals surface area contributed by atoms with Gasteiger partial charge in [0, 0.05) is 25.7 Å². The number of esters is 4. The summed E-state index contributed by atoms with van der Waals surface area (Å²) in [7, 11) is -9.90. The summed E-state index contributed by atoms with van der Waals surface area (Å²) in [5.41, 5.74) is 0. The maximum absolute atomic E-state index is 13.0. The van der Waals surface area contributed by atoms with Crippen molar-refractivity contribution >= 4 is 39.5 Å². The fraction of sp³-hybridized carbons (Fsp3) is 0.887. The summed E-state index contributed by atoms with van der Waals surface area (Å²) >= 11 is 0. The monoisotopic (exact) mass is 1320 g/mol. The standard InChI is InChI=1S/C71H134O17P2/c1-7-10-12-14-15-16-17-18-19-23-26-31-36-42-48-54-69(74)82-60-67(88-70(75)55-49-43-37-32-27-24-21-20-22-25-30-35-41-46-52-64(6)9-3)62-86-90(79,80)84-58-65(72)57-83-89(77,78)85-61-66(59-81-68(73)53-47-39-13-11-8-2)87-71(76)56-50-44-38-33-28-29-34-40-45-51-63(4)5/h16-19,63-67,72H,7-15,20-62H2,1-6H3,(H,77,78)(H,79,80)/b17-16-,19-18-/t64?,65-,66+,67+/m0/s1. The molecule has 17 nitrogen and oxygen atoms in total. The highest BCUT2D eigenvalue weighted by Crippen LogP contribution is 2.45. The molecule has 0 aromatic heterocycles. The summed E-state index contributed by atoms with van der Waals surface area (Å²) in [6.45, 7) is 9.42. The van der Waals surface area contributed by atoms with E-state index in [1.807, 2.05) is 0 Å². The fourth-order valence-corrected chi connectivity index (χ4v) is 11.8. The number of rotatable bonds is 68. The number of hydrogen-bond donors (Lipinski definition) is 3. The number of carbonyl (C=O) groups is 4. The van der Waals surface area contributed by atoms with Crippen molar-refractivity contribution < 1.29 is 80.2 Å². The third kappa shape index (κ3) is 63.0. The van der Waals surface area contributed by atoms with Gasteiger partial charge < -0.3 is 33.8 Å². The number of aliphatic hydroxyl groups excluding tert-OH is 1. The number of unbranched alkanes of at least 4 members (excludes halogenated alkanes) is 34. The second-order valence-corrected chi connectivity index (χ2v) is 28.6.